The average Bonchev–Trinajstić information content (AvgIpc) is 3.34. The number of rotatable bonds is 7. The van der Waals surface area contributed by atoms with Gasteiger partial charge in [-0.3, -0.25) is 19.7 Å². The van der Waals surface area contributed by atoms with Crippen molar-refractivity contribution in [2.45, 2.75) is 53.6 Å². The molecule has 0 unspecified atom stereocenters. The van der Waals surface area contributed by atoms with Crippen LogP contribution >= 0.6 is 0 Å². The van der Waals surface area contributed by atoms with Gasteiger partial charge in [-0.1, -0.05) is 18.2 Å². The Hall–Kier alpha value is -4.08. The van der Waals surface area contributed by atoms with E-state index in [9.17, 15) is 19.7 Å². The van der Waals surface area contributed by atoms with Crippen LogP contribution in [0, 0.1) is 35.8 Å². The van der Waals surface area contributed by atoms with Crippen molar-refractivity contribution in [3.05, 3.63) is 74.6 Å². The van der Waals surface area contributed by atoms with Gasteiger partial charge < -0.3 is 9.47 Å². The topological polar surface area (TPSA) is 126 Å². The largest absolute Gasteiger partial charge is 0.459 e. The van der Waals surface area contributed by atoms with E-state index in [4.69, 9.17) is 9.47 Å². The summed E-state index contributed by atoms with van der Waals surface area (Å²) in [6.07, 6.45) is 3.99. The maximum Gasteiger partial charge on any atom is 0.309 e. The predicted molar refractivity (Wildman–Crippen MR) is 130 cm³/mol. The third kappa shape index (κ3) is 5.27. The highest BCUT2D eigenvalue weighted by molar-refractivity contribution is 5.73. The molecule has 0 N–H and O–H groups in total. The van der Waals surface area contributed by atoms with Crippen LogP contribution in [0.15, 0.2) is 36.5 Å². The number of aromatic nitrogens is 3. The molecule has 10 heteroatoms. The van der Waals surface area contributed by atoms with E-state index in [1.54, 1.807) is 18.3 Å². The average molecular weight is 493 g/mol. The van der Waals surface area contributed by atoms with Crippen LogP contribution in [0.2, 0.25) is 0 Å². The van der Waals surface area contributed by atoms with Crippen molar-refractivity contribution in [3.63, 3.8) is 0 Å². The number of esters is 2. The molecule has 1 aliphatic rings. The lowest BCUT2D eigenvalue weighted by Crippen LogP contribution is -2.29. The molecule has 2 aromatic carbocycles. The Morgan fingerprint density at radius 2 is 2.03 bits per heavy atom. The van der Waals surface area contributed by atoms with Crippen molar-refractivity contribution in [2.75, 3.05) is 0 Å². The summed E-state index contributed by atoms with van der Waals surface area (Å²) in [5.74, 6) is -0.345. The van der Waals surface area contributed by atoms with Crippen LogP contribution < -0.4 is 4.74 Å². The Morgan fingerprint density at radius 1 is 1.25 bits per heavy atom. The monoisotopic (exact) mass is 492 g/mol. The number of hydrogen-bond acceptors (Lipinski definition) is 8. The van der Waals surface area contributed by atoms with Gasteiger partial charge in [-0.2, -0.15) is 0 Å². The van der Waals surface area contributed by atoms with E-state index in [1.165, 1.54) is 29.3 Å². The van der Waals surface area contributed by atoms with Gasteiger partial charge in [-0.15, -0.1) is 5.10 Å². The molecule has 0 aliphatic heterocycles. The summed E-state index contributed by atoms with van der Waals surface area (Å²) in [4.78, 5) is 34.9. The zero-order valence-corrected chi connectivity index (χ0v) is 20.7. The Labute approximate surface area is 208 Å². The second-order valence-electron chi connectivity index (χ2n) is 9.20. The molecule has 0 saturated carbocycles. The zero-order valence-electron chi connectivity index (χ0n) is 20.7. The van der Waals surface area contributed by atoms with Crippen LogP contribution in [-0.4, -0.2) is 31.9 Å². The molecule has 1 aromatic heterocycles. The third-order valence-electron chi connectivity index (χ3n) is 6.78. The molecule has 0 fully saturated rings. The van der Waals surface area contributed by atoms with E-state index < -0.39 is 4.92 Å². The molecule has 0 bridgehead atoms. The number of ether oxygens (including phenoxy) is 2. The molecule has 3 aromatic rings. The predicted octanol–water partition coefficient (Wildman–Crippen LogP) is 4.20. The number of fused-ring (bicyclic) bond motifs is 1. The number of aryl methyl sites for hydroxylation is 1. The molecule has 1 aliphatic carbocycles. The van der Waals surface area contributed by atoms with Gasteiger partial charge in [0.25, 0.3) is 5.69 Å². The van der Waals surface area contributed by atoms with E-state index in [0.29, 0.717) is 23.6 Å². The highest BCUT2D eigenvalue weighted by atomic mass is 16.6. The maximum atomic E-state index is 12.9. The molecule has 1 heterocycles. The lowest BCUT2D eigenvalue weighted by molar-refractivity contribution is -0.384. The van der Waals surface area contributed by atoms with Crippen LogP contribution in [0.5, 0.6) is 5.75 Å². The second-order valence-corrected chi connectivity index (χ2v) is 9.20. The van der Waals surface area contributed by atoms with Gasteiger partial charge >= 0.3 is 11.9 Å². The molecular formula is C26H28N4O6. The molecule has 4 rings (SSSR count). The van der Waals surface area contributed by atoms with E-state index in [-0.39, 0.29) is 36.1 Å². The minimum absolute atomic E-state index is 0.0455. The lowest BCUT2D eigenvalue weighted by Gasteiger charge is -2.31. The van der Waals surface area contributed by atoms with Gasteiger partial charge in [0.05, 0.1) is 22.7 Å². The Balaban J connectivity index is 1.40. The molecule has 0 amide bonds. The maximum absolute atomic E-state index is 12.9. The molecule has 0 saturated heterocycles. The molecule has 0 radical (unpaired) electrons. The van der Waals surface area contributed by atoms with Crippen molar-refractivity contribution in [3.8, 4) is 11.4 Å². The van der Waals surface area contributed by atoms with E-state index in [0.717, 1.165) is 29.5 Å². The minimum atomic E-state index is -0.478. The number of benzene rings is 2. The fourth-order valence-corrected chi connectivity index (χ4v) is 4.72. The third-order valence-corrected chi connectivity index (χ3v) is 6.78. The van der Waals surface area contributed by atoms with Gasteiger partial charge in [0.15, 0.2) is 0 Å². The molecular weight excluding hydrogens is 464 g/mol. The van der Waals surface area contributed by atoms with Crippen molar-refractivity contribution in [1.29, 1.82) is 0 Å². The highest BCUT2D eigenvalue weighted by Crippen LogP contribution is 2.38. The smallest absolute Gasteiger partial charge is 0.309 e. The molecule has 188 valence electrons. The van der Waals surface area contributed by atoms with Crippen molar-refractivity contribution < 1.29 is 24.0 Å². The summed E-state index contributed by atoms with van der Waals surface area (Å²) < 4.78 is 12.3. The highest BCUT2D eigenvalue weighted by Gasteiger charge is 2.31. The lowest BCUT2D eigenvalue weighted by atomic mass is 9.75. The van der Waals surface area contributed by atoms with Gasteiger partial charge in [0, 0.05) is 19.1 Å². The fraction of sp³-hybridized carbons (Fsp3) is 0.385. The van der Waals surface area contributed by atoms with Crippen LogP contribution in [0.1, 0.15) is 48.2 Å². The number of non-ortho nitro benzene ring substituents is 1. The van der Waals surface area contributed by atoms with Gasteiger partial charge in [0.2, 0.25) is 0 Å². The first-order valence-corrected chi connectivity index (χ1v) is 11.8. The van der Waals surface area contributed by atoms with Crippen molar-refractivity contribution in [1.82, 2.24) is 15.0 Å². The van der Waals surface area contributed by atoms with Crippen LogP contribution in [-0.2, 0) is 33.8 Å². The van der Waals surface area contributed by atoms with Crippen molar-refractivity contribution in [2.24, 2.45) is 11.8 Å². The number of carbonyl (C=O) groups excluding carboxylic acids is 2. The zero-order chi connectivity index (χ0) is 26.0. The van der Waals surface area contributed by atoms with E-state index in [1.807, 2.05) is 26.8 Å². The normalized spacial score (nSPS) is 15.6. The molecule has 2 atom stereocenters. The summed E-state index contributed by atoms with van der Waals surface area (Å²) in [6, 6.07) is 7.95. The van der Waals surface area contributed by atoms with Gasteiger partial charge in [-0.25, -0.2) is 4.68 Å². The summed E-state index contributed by atoms with van der Waals surface area (Å²) in [6.45, 7) is 7.18. The second kappa shape index (κ2) is 10.3. The number of nitro benzene ring substituents is 1. The number of carbonyl (C=O) groups is 2. The Bertz CT molecular complexity index is 1330. The quantitative estimate of drug-likeness (QED) is 0.208. The number of nitrogens with zero attached hydrogens (tertiary/aromatic N) is 4. The first-order valence-electron chi connectivity index (χ1n) is 11.8. The summed E-state index contributed by atoms with van der Waals surface area (Å²) >= 11 is 0. The van der Waals surface area contributed by atoms with E-state index >= 15 is 0 Å². The standard InChI is InChI=1S/C26H28N4O6/c1-15-10-25(36-18(4)31)17(3)24-11-19(8-9-23(15)24)16(2)26(32)35-14-20-13-29(28-27-20)21-6-5-7-22(12-21)30(33)34/h5-7,10,12-13,16,19H,8-9,11,14H2,1-4H3/t16-,19-/m1/s1. The fourth-order valence-electron chi connectivity index (χ4n) is 4.72. The van der Waals surface area contributed by atoms with Gasteiger partial charge in [0.1, 0.15) is 18.1 Å². The summed E-state index contributed by atoms with van der Waals surface area (Å²) in [5, 5.41) is 19.0. The Kier molecular flexibility index (Phi) is 7.14. The van der Waals surface area contributed by atoms with Crippen LogP contribution in [0.3, 0.4) is 0 Å². The molecule has 10 nitrogen and oxygen atoms in total. The Morgan fingerprint density at radius 3 is 2.75 bits per heavy atom. The molecule has 0 spiro atoms. The van der Waals surface area contributed by atoms with Gasteiger partial charge in [-0.05, 0) is 73.4 Å². The van der Waals surface area contributed by atoms with Crippen molar-refractivity contribution >= 4 is 17.6 Å². The van der Waals surface area contributed by atoms with Crippen LogP contribution in [0.4, 0.5) is 5.69 Å². The van der Waals surface area contributed by atoms with E-state index in [2.05, 4.69) is 10.3 Å². The first-order chi connectivity index (χ1) is 17.1. The van der Waals surface area contributed by atoms with Crippen LogP contribution in [0.25, 0.3) is 5.69 Å². The number of hydrogen-bond donors (Lipinski definition) is 0. The SMILES string of the molecule is CC(=O)Oc1cc(C)c2c(c1C)C[C@H]([C@@H](C)C(=O)OCc1cn(-c3cccc([N+](=O)[O-])c3)nn1)CC2. The molecule has 36 heavy (non-hydrogen) atoms. The summed E-state index contributed by atoms with van der Waals surface area (Å²) in [7, 11) is 0. The first kappa shape index (κ1) is 25.0. The minimum Gasteiger partial charge on any atom is -0.459 e. The number of nitro groups is 1. The summed E-state index contributed by atoms with van der Waals surface area (Å²) in [5.41, 5.74) is 5.31.